The number of aromatic nitrogens is 1. The third-order valence-corrected chi connectivity index (χ3v) is 7.16. The largest absolute Gasteiger partial charge is 0.493 e. The number of pyridine rings is 1. The number of hydrogen-bond acceptors (Lipinski definition) is 5. The van der Waals surface area contributed by atoms with Crippen LogP contribution >= 0.6 is 0 Å². The topological polar surface area (TPSA) is 115 Å². The molecule has 0 fully saturated rings. The van der Waals surface area contributed by atoms with Gasteiger partial charge in [0.1, 0.15) is 5.75 Å². The van der Waals surface area contributed by atoms with Crippen molar-refractivity contribution in [2.45, 2.75) is 78.1 Å². The van der Waals surface area contributed by atoms with Crippen LogP contribution < -0.4 is 16.2 Å². The maximum absolute atomic E-state index is 10.5. The fourth-order valence-electron chi connectivity index (χ4n) is 4.57. The van der Waals surface area contributed by atoms with Gasteiger partial charge in [0.25, 0.3) is 0 Å². The molecule has 0 atom stereocenters. The average Bonchev–Trinajstić information content (AvgIpc) is 3.09. The van der Waals surface area contributed by atoms with Crippen LogP contribution in [-0.2, 0) is 11.2 Å². The molecule has 6 nitrogen and oxygen atoms in total. The predicted molar refractivity (Wildman–Crippen MR) is 204 cm³/mol. The van der Waals surface area contributed by atoms with Gasteiger partial charge in [-0.2, -0.15) is 0 Å². The molecule has 0 saturated carbocycles. The number of nitrogens with two attached hydrogens (primary N) is 2. The number of nitrogens with one attached hydrogen (secondary N) is 1. The molecule has 3 rings (SSSR count). The van der Waals surface area contributed by atoms with E-state index >= 15 is 0 Å². The first kappa shape index (κ1) is 39.2. The van der Waals surface area contributed by atoms with Crippen LogP contribution in [0.4, 0.5) is 5.69 Å². The molecular formula is C42H54N4O2. The second-order valence-corrected chi connectivity index (χ2v) is 11.3. The summed E-state index contributed by atoms with van der Waals surface area (Å²) in [6.07, 6.45) is 32.8. The van der Waals surface area contributed by atoms with Crippen LogP contribution in [0, 0.1) is 5.41 Å². The Labute approximate surface area is 288 Å². The summed E-state index contributed by atoms with van der Waals surface area (Å²) in [5.41, 5.74) is 15.9. The Balaban J connectivity index is 0.000000340. The standard InChI is InChI=1S/C22H23N3O.C20H31NO/c1-16(23)20-14-18(9-10-21(20)24)22-15-19(11-12-25-22)26-13-5-8-17-6-3-2-4-7-17;1-2-3-4-5-6-7-8-9-10-11-12-13-14-15-16-17-18-19-20(21)22/h2-4,6-7,9-12,14-15,23H,5,8,13,24H2,1H3;3-4,6-7,9-10,12-13,15-16H,2,5,8,11,14,17-19H2,1H3,(H2,21,22)/b;4-3-,7-6-,10-9-,13-12-,16-15-. The van der Waals surface area contributed by atoms with Crippen molar-refractivity contribution in [2.24, 2.45) is 5.73 Å². The van der Waals surface area contributed by atoms with E-state index in [1.165, 1.54) is 5.56 Å². The lowest BCUT2D eigenvalue weighted by atomic mass is 10.0. The highest BCUT2D eigenvalue weighted by molar-refractivity contribution is 6.02. The first-order chi connectivity index (χ1) is 23.4. The smallest absolute Gasteiger partial charge is 0.217 e. The molecule has 0 radical (unpaired) electrons. The highest BCUT2D eigenvalue weighted by atomic mass is 16.5. The number of unbranched alkanes of at least 4 members (excludes halogenated alkanes) is 1. The molecule has 3 aromatic rings. The Morgan fingerprint density at radius 1 is 0.812 bits per heavy atom. The zero-order valence-corrected chi connectivity index (χ0v) is 28.8. The van der Waals surface area contributed by atoms with Crippen molar-refractivity contribution in [2.75, 3.05) is 12.3 Å². The van der Waals surface area contributed by atoms with Gasteiger partial charge in [0.05, 0.1) is 12.3 Å². The molecule has 1 aromatic heterocycles. The minimum atomic E-state index is -0.215. The second kappa shape index (κ2) is 25.2. The van der Waals surface area contributed by atoms with Gasteiger partial charge in [-0.1, -0.05) is 104 Å². The normalized spacial score (nSPS) is 11.5. The first-order valence-electron chi connectivity index (χ1n) is 17.0. The van der Waals surface area contributed by atoms with Gasteiger partial charge >= 0.3 is 0 Å². The number of benzene rings is 2. The van der Waals surface area contributed by atoms with E-state index in [0.29, 0.717) is 24.4 Å². The van der Waals surface area contributed by atoms with Crippen LogP contribution in [0.3, 0.4) is 0 Å². The molecule has 6 heteroatoms. The van der Waals surface area contributed by atoms with Gasteiger partial charge in [-0.05, 0) is 88.5 Å². The van der Waals surface area contributed by atoms with E-state index in [2.05, 4.69) is 96.9 Å². The molecule has 0 aliphatic rings. The molecule has 0 aliphatic heterocycles. The van der Waals surface area contributed by atoms with Crippen LogP contribution in [0.25, 0.3) is 11.3 Å². The van der Waals surface area contributed by atoms with Crippen molar-refractivity contribution in [1.29, 1.82) is 5.41 Å². The summed E-state index contributed by atoms with van der Waals surface area (Å²) in [5.74, 6) is 0.584. The summed E-state index contributed by atoms with van der Waals surface area (Å²) in [6, 6.07) is 19.8. The van der Waals surface area contributed by atoms with Crippen LogP contribution in [-0.4, -0.2) is 23.2 Å². The summed E-state index contributed by atoms with van der Waals surface area (Å²) in [5, 5.41) is 7.84. The molecular weight excluding hydrogens is 592 g/mol. The van der Waals surface area contributed by atoms with Crippen molar-refractivity contribution in [3.8, 4) is 17.0 Å². The maximum atomic E-state index is 10.5. The van der Waals surface area contributed by atoms with Crippen molar-refractivity contribution in [3.63, 3.8) is 0 Å². The zero-order valence-electron chi connectivity index (χ0n) is 28.8. The Bertz CT molecular complexity index is 1500. The Morgan fingerprint density at radius 3 is 2.04 bits per heavy atom. The number of rotatable bonds is 20. The molecule has 0 aliphatic carbocycles. The Kier molecular flexibility index (Phi) is 20.6. The fraction of sp³-hybridized carbons (Fsp3) is 0.310. The Hall–Kier alpha value is -4.97. The van der Waals surface area contributed by atoms with Gasteiger partial charge < -0.3 is 21.6 Å². The van der Waals surface area contributed by atoms with Gasteiger partial charge in [0.15, 0.2) is 0 Å². The molecule has 2 aromatic carbocycles. The minimum absolute atomic E-state index is 0.215. The minimum Gasteiger partial charge on any atom is -0.493 e. The number of carbonyl (C=O) groups excluding carboxylic acids is 1. The summed E-state index contributed by atoms with van der Waals surface area (Å²) < 4.78 is 5.88. The van der Waals surface area contributed by atoms with Gasteiger partial charge in [0, 0.05) is 41.2 Å². The number of carbonyl (C=O) groups is 1. The molecule has 48 heavy (non-hydrogen) atoms. The molecule has 0 bridgehead atoms. The van der Waals surface area contributed by atoms with E-state index in [-0.39, 0.29) is 5.91 Å². The number of primary amides is 1. The third kappa shape index (κ3) is 18.2. The molecule has 0 saturated heterocycles. The van der Waals surface area contributed by atoms with Crippen LogP contribution in [0.1, 0.15) is 82.8 Å². The second-order valence-electron chi connectivity index (χ2n) is 11.3. The Morgan fingerprint density at radius 2 is 1.44 bits per heavy atom. The highest BCUT2D eigenvalue weighted by Gasteiger charge is 2.07. The fourth-order valence-corrected chi connectivity index (χ4v) is 4.57. The van der Waals surface area contributed by atoms with Gasteiger partial charge in [-0.3, -0.25) is 9.78 Å². The molecule has 1 heterocycles. The number of anilines is 1. The maximum Gasteiger partial charge on any atom is 0.217 e. The van der Waals surface area contributed by atoms with Crippen LogP contribution in [0.15, 0.2) is 128 Å². The predicted octanol–water partition coefficient (Wildman–Crippen LogP) is 10.1. The summed E-state index contributed by atoms with van der Waals surface area (Å²) >= 11 is 0. The number of nitrogens with zero attached hydrogens (tertiary/aromatic N) is 1. The highest BCUT2D eigenvalue weighted by Crippen LogP contribution is 2.25. The van der Waals surface area contributed by atoms with E-state index < -0.39 is 0 Å². The number of hydrogen-bond donors (Lipinski definition) is 3. The van der Waals surface area contributed by atoms with E-state index in [9.17, 15) is 4.79 Å². The number of nitrogen functional groups attached to an aromatic ring is 1. The van der Waals surface area contributed by atoms with Crippen molar-refractivity contribution in [3.05, 3.63) is 139 Å². The molecule has 0 spiro atoms. The van der Waals surface area contributed by atoms with E-state index in [1.54, 1.807) is 13.1 Å². The van der Waals surface area contributed by atoms with E-state index in [1.807, 2.05) is 36.4 Å². The van der Waals surface area contributed by atoms with Gasteiger partial charge in [0.2, 0.25) is 5.91 Å². The quantitative estimate of drug-likeness (QED) is 0.0490. The molecule has 254 valence electrons. The molecule has 0 unspecified atom stereocenters. The number of ether oxygens (including phenoxy) is 1. The third-order valence-electron chi connectivity index (χ3n) is 7.16. The van der Waals surface area contributed by atoms with Crippen LogP contribution in [0.5, 0.6) is 5.75 Å². The number of allylic oxidation sites excluding steroid dienone is 10. The monoisotopic (exact) mass is 646 g/mol. The summed E-state index contributed by atoms with van der Waals surface area (Å²) in [4.78, 5) is 15.0. The zero-order chi connectivity index (χ0) is 34.7. The first-order valence-corrected chi connectivity index (χ1v) is 17.0. The average molecular weight is 647 g/mol. The van der Waals surface area contributed by atoms with Crippen molar-refractivity contribution < 1.29 is 9.53 Å². The van der Waals surface area contributed by atoms with E-state index in [4.69, 9.17) is 21.6 Å². The van der Waals surface area contributed by atoms with Crippen molar-refractivity contribution in [1.82, 2.24) is 4.98 Å². The van der Waals surface area contributed by atoms with Crippen LogP contribution in [0.2, 0.25) is 0 Å². The molecule has 5 N–H and O–H groups in total. The summed E-state index contributed by atoms with van der Waals surface area (Å²) in [7, 11) is 0. The van der Waals surface area contributed by atoms with Crippen molar-refractivity contribution >= 4 is 17.3 Å². The van der Waals surface area contributed by atoms with Gasteiger partial charge in [-0.25, -0.2) is 0 Å². The lowest BCUT2D eigenvalue weighted by Gasteiger charge is -2.10. The lowest BCUT2D eigenvalue weighted by Crippen LogP contribution is -2.09. The number of aryl methyl sites for hydroxylation is 1. The van der Waals surface area contributed by atoms with Gasteiger partial charge in [-0.15, -0.1) is 0 Å². The summed E-state index contributed by atoms with van der Waals surface area (Å²) in [6.45, 7) is 4.54. The molecule has 1 amide bonds. The lowest BCUT2D eigenvalue weighted by molar-refractivity contribution is -0.118. The SMILES string of the molecule is CC(=N)c1cc(-c2cc(OCCCc3ccccc3)ccn2)ccc1N.CC/C=C\C/C=C\C/C=C\C/C=C\C/C=C\CCCC(N)=O. The van der Waals surface area contributed by atoms with E-state index in [0.717, 1.165) is 80.4 Å². The number of amides is 1.